The Morgan fingerprint density at radius 2 is 2.08 bits per heavy atom. The molecule has 0 aliphatic heterocycles. The molecule has 0 fully saturated rings. The van der Waals surface area contributed by atoms with Crippen molar-refractivity contribution in [3.05, 3.63) is 56.4 Å². The molecule has 0 unspecified atom stereocenters. The van der Waals surface area contributed by atoms with Crippen molar-refractivity contribution in [2.75, 3.05) is 0 Å². The number of carbonyl (C=O) groups excluding carboxylic acids is 1. The number of halogens is 1. The molecule has 6 nitrogen and oxygen atoms in total. The Morgan fingerprint density at radius 3 is 2.80 bits per heavy atom. The van der Waals surface area contributed by atoms with E-state index in [1.54, 1.807) is 0 Å². The second-order valence-electron chi connectivity index (χ2n) is 7.27. The Morgan fingerprint density at radius 1 is 1.32 bits per heavy atom. The third-order valence-electron chi connectivity index (χ3n) is 4.72. The number of hydrogen-bond acceptors (Lipinski definition) is 4. The van der Waals surface area contributed by atoms with Crippen molar-refractivity contribution in [1.82, 2.24) is 19.2 Å². The molecule has 3 heterocycles. The third-order valence-corrected chi connectivity index (χ3v) is 5.05. The molecule has 0 saturated carbocycles. The molecule has 128 valence electrons. The molecular weight excluding hydrogens is 340 g/mol. The summed E-state index contributed by atoms with van der Waals surface area (Å²) in [5.74, 6) is 0.826. The van der Waals surface area contributed by atoms with Crippen molar-refractivity contribution in [2.24, 2.45) is 5.41 Å². The molecule has 0 aromatic carbocycles. The molecule has 25 heavy (non-hydrogen) atoms. The van der Waals surface area contributed by atoms with Crippen LogP contribution in [0.5, 0.6) is 0 Å². The lowest BCUT2D eigenvalue weighted by atomic mass is 9.90. The van der Waals surface area contributed by atoms with Gasteiger partial charge in [0.15, 0.2) is 12.1 Å². The lowest BCUT2D eigenvalue weighted by Crippen LogP contribution is -2.27. The molecule has 0 bridgehead atoms. The van der Waals surface area contributed by atoms with Gasteiger partial charge in [-0.15, -0.1) is 5.10 Å². The molecule has 3 aromatic rings. The maximum atomic E-state index is 13.0. The average Bonchev–Trinajstić information content (AvgIpc) is 3.02. The number of rotatable bonds is 2. The molecule has 0 spiro atoms. The minimum Gasteiger partial charge on any atom is -0.298 e. The van der Waals surface area contributed by atoms with Crippen LogP contribution in [0.3, 0.4) is 0 Å². The smallest absolute Gasteiger partial charge is 0.297 e. The largest absolute Gasteiger partial charge is 0.298 e. The summed E-state index contributed by atoms with van der Waals surface area (Å²) in [5, 5.41) is 4.65. The van der Waals surface area contributed by atoms with Gasteiger partial charge in [0.2, 0.25) is 0 Å². The zero-order valence-corrected chi connectivity index (χ0v) is 15.0. The van der Waals surface area contributed by atoms with Gasteiger partial charge in [-0.1, -0.05) is 25.4 Å². The molecule has 4 rings (SSSR count). The van der Waals surface area contributed by atoms with Crippen molar-refractivity contribution in [2.45, 2.75) is 33.6 Å². The molecular formula is C18H17ClN4O2. The normalized spacial score (nSPS) is 15.5. The molecule has 7 heteroatoms. The first kappa shape index (κ1) is 16.0. The summed E-state index contributed by atoms with van der Waals surface area (Å²) in [5.41, 5.74) is 2.90. The van der Waals surface area contributed by atoms with Crippen LogP contribution in [-0.2, 0) is 12.8 Å². The fourth-order valence-corrected chi connectivity index (χ4v) is 3.90. The summed E-state index contributed by atoms with van der Waals surface area (Å²) in [4.78, 5) is 28.6. The maximum Gasteiger partial charge on any atom is 0.297 e. The molecule has 0 amide bonds. The third kappa shape index (κ3) is 2.32. The summed E-state index contributed by atoms with van der Waals surface area (Å²) in [7, 11) is 0. The van der Waals surface area contributed by atoms with Gasteiger partial charge < -0.3 is 0 Å². The summed E-state index contributed by atoms with van der Waals surface area (Å²) in [6.07, 6.45) is 3.88. The van der Waals surface area contributed by atoms with Crippen LogP contribution in [0.15, 0.2) is 23.1 Å². The van der Waals surface area contributed by atoms with E-state index in [9.17, 15) is 9.59 Å². The Balaban J connectivity index is 2.02. The molecule has 1 aliphatic carbocycles. The molecule has 0 saturated heterocycles. The first-order valence-electron chi connectivity index (χ1n) is 8.05. The topological polar surface area (TPSA) is 69.3 Å². The van der Waals surface area contributed by atoms with Gasteiger partial charge in [-0.25, -0.2) is 4.98 Å². The van der Waals surface area contributed by atoms with Crippen molar-refractivity contribution in [3.63, 3.8) is 0 Å². The minimum absolute atomic E-state index is 0.153. The quantitative estimate of drug-likeness (QED) is 0.662. The number of aryl methyl sites for hydroxylation is 1. The summed E-state index contributed by atoms with van der Waals surface area (Å²) in [6, 6.07) is 3.45. The molecule has 0 N–H and O–H groups in total. The van der Waals surface area contributed by atoms with E-state index in [0.29, 0.717) is 17.6 Å². The fraction of sp³-hybridized carbons (Fsp3) is 0.333. The lowest BCUT2D eigenvalue weighted by molar-refractivity contribution is 0.112. The van der Waals surface area contributed by atoms with E-state index in [-0.39, 0.29) is 27.4 Å². The zero-order chi connectivity index (χ0) is 17.9. The van der Waals surface area contributed by atoms with Crippen LogP contribution in [-0.4, -0.2) is 25.5 Å². The Bertz CT molecular complexity index is 1090. The zero-order valence-electron chi connectivity index (χ0n) is 14.2. The second-order valence-corrected chi connectivity index (χ2v) is 7.67. The Hall–Kier alpha value is -2.47. The van der Waals surface area contributed by atoms with E-state index in [1.807, 2.05) is 17.4 Å². The number of carbonyl (C=O) groups is 1. The summed E-state index contributed by atoms with van der Waals surface area (Å²) >= 11 is 6.06. The molecule has 3 aromatic heterocycles. The van der Waals surface area contributed by atoms with E-state index in [1.165, 1.54) is 22.5 Å². The van der Waals surface area contributed by atoms with Crippen molar-refractivity contribution in [1.29, 1.82) is 0 Å². The second kappa shape index (κ2) is 5.26. The average molecular weight is 357 g/mol. The van der Waals surface area contributed by atoms with Crippen LogP contribution >= 0.6 is 11.6 Å². The van der Waals surface area contributed by atoms with Crippen LogP contribution in [0.1, 0.15) is 41.3 Å². The first-order chi connectivity index (χ1) is 11.8. The number of nitrogens with zero attached hydrogens (tertiary/aromatic N) is 4. The Labute approximate surface area is 149 Å². The Kier molecular flexibility index (Phi) is 3.37. The van der Waals surface area contributed by atoms with Crippen LogP contribution in [0.2, 0.25) is 5.02 Å². The van der Waals surface area contributed by atoms with Gasteiger partial charge >= 0.3 is 0 Å². The number of fused-ring (bicyclic) bond motifs is 3. The van der Waals surface area contributed by atoms with Gasteiger partial charge in [0.25, 0.3) is 5.56 Å². The van der Waals surface area contributed by atoms with Crippen molar-refractivity contribution in [3.8, 4) is 5.82 Å². The van der Waals surface area contributed by atoms with E-state index in [4.69, 9.17) is 11.6 Å². The SMILES string of the molecule is Cc1nn(-c2nccc(Cl)c2C=O)c(=O)c2cc3c(n12)CC(C)(C)C3. The first-order valence-corrected chi connectivity index (χ1v) is 8.43. The van der Waals surface area contributed by atoms with Gasteiger partial charge in [0.1, 0.15) is 11.3 Å². The number of hydrogen-bond donors (Lipinski definition) is 0. The van der Waals surface area contributed by atoms with Gasteiger partial charge in [-0.05, 0) is 42.9 Å². The van der Waals surface area contributed by atoms with Crippen LogP contribution in [0.4, 0.5) is 0 Å². The molecule has 1 aliphatic rings. The lowest BCUT2D eigenvalue weighted by Gasteiger charge is -2.17. The van der Waals surface area contributed by atoms with E-state index >= 15 is 0 Å². The van der Waals surface area contributed by atoms with E-state index in [2.05, 4.69) is 23.9 Å². The van der Waals surface area contributed by atoms with Crippen molar-refractivity contribution >= 4 is 23.4 Å². The van der Waals surface area contributed by atoms with Gasteiger partial charge in [0, 0.05) is 11.9 Å². The minimum atomic E-state index is -0.310. The van der Waals surface area contributed by atoms with Gasteiger partial charge in [-0.2, -0.15) is 4.68 Å². The monoisotopic (exact) mass is 356 g/mol. The highest BCUT2D eigenvalue weighted by Crippen LogP contribution is 2.37. The van der Waals surface area contributed by atoms with Crippen LogP contribution < -0.4 is 5.56 Å². The summed E-state index contributed by atoms with van der Waals surface area (Å²) < 4.78 is 3.09. The van der Waals surface area contributed by atoms with Gasteiger partial charge in [0.05, 0.1) is 10.6 Å². The molecule has 0 atom stereocenters. The van der Waals surface area contributed by atoms with Gasteiger partial charge in [-0.3, -0.25) is 14.0 Å². The highest BCUT2D eigenvalue weighted by atomic mass is 35.5. The highest BCUT2D eigenvalue weighted by molar-refractivity contribution is 6.33. The predicted octanol–water partition coefficient (Wildman–Crippen LogP) is 2.78. The summed E-state index contributed by atoms with van der Waals surface area (Å²) in [6.45, 7) is 6.28. The number of aldehydes is 1. The predicted molar refractivity (Wildman–Crippen MR) is 94.9 cm³/mol. The van der Waals surface area contributed by atoms with E-state index in [0.717, 1.165) is 18.5 Å². The number of pyridine rings is 1. The van der Waals surface area contributed by atoms with Crippen LogP contribution in [0, 0.1) is 12.3 Å². The molecule has 0 radical (unpaired) electrons. The van der Waals surface area contributed by atoms with Crippen LogP contribution in [0.25, 0.3) is 11.3 Å². The van der Waals surface area contributed by atoms with E-state index < -0.39 is 0 Å². The standard InChI is InChI=1S/C18H17ClN4O2/c1-10-21-23(16-12(9-24)13(19)4-5-20-16)17(25)14-6-11-7-18(2,3)8-15(11)22(10)14/h4-6,9H,7-8H2,1-3H3. The van der Waals surface area contributed by atoms with Crippen molar-refractivity contribution < 1.29 is 4.79 Å². The highest BCUT2D eigenvalue weighted by Gasteiger charge is 2.32. The maximum absolute atomic E-state index is 13.0. The fourth-order valence-electron chi connectivity index (χ4n) is 3.71. The number of aromatic nitrogens is 4.